The zero-order valence-corrected chi connectivity index (χ0v) is 13.2. The fourth-order valence-corrected chi connectivity index (χ4v) is 2.26. The molecule has 21 heavy (non-hydrogen) atoms. The maximum Gasteiger partial charge on any atom is 0.414 e. The van der Waals surface area contributed by atoms with Crippen LogP contribution in [0.25, 0.3) is 5.70 Å². The molecule has 0 atom stereocenters. The van der Waals surface area contributed by atoms with Gasteiger partial charge >= 0.3 is 6.09 Å². The largest absolute Gasteiger partial charge is 0.497 e. The van der Waals surface area contributed by atoms with Crippen LogP contribution in [0, 0.1) is 0 Å². The van der Waals surface area contributed by atoms with Crippen molar-refractivity contribution in [2.45, 2.75) is 39.2 Å². The Hall–Kier alpha value is -1.97. The van der Waals surface area contributed by atoms with Crippen LogP contribution in [0.5, 0.6) is 5.75 Å². The number of hydrogen-bond donors (Lipinski definition) is 0. The number of ether oxygens (including phenoxy) is 2. The standard InChI is InChI=1S/C17H23NO3/c1-17(2,3)21-16(19)18-12-6-5-7-15(18)13-8-10-14(20-4)11-9-13/h7-11H,5-6,12H2,1-4H3. The average Bonchev–Trinajstić information content (AvgIpc) is 2.45. The molecule has 0 radical (unpaired) electrons. The lowest BCUT2D eigenvalue weighted by molar-refractivity contribution is 0.0347. The summed E-state index contributed by atoms with van der Waals surface area (Å²) in [4.78, 5) is 14.1. The zero-order valence-electron chi connectivity index (χ0n) is 13.2. The van der Waals surface area contributed by atoms with Crippen LogP contribution in [0.4, 0.5) is 4.79 Å². The van der Waals surface area contributed by atoms with Crippen molar-refractivity contribution >= 4 is 11.8 Å². The predicted molar refractivity (Wildman–Crippen MR) is 83.1 cm³/mol. The third-order valence-corrected chi connectivity index (χ3v) is 3.21. The first-order valence-electron chi connectivity index (χ1n) is 7.26. The Morgan fingerprint density at radius 3 is 2.43 bits per heavy atom. The minimum Gasteiger partial charge on any atom is -0.497 e. The molecule has 1 aliphatic rings. The maximum atomic E-state index is 12.4. The lowest BCUT2D eigenvalue weighted by Gasteiger charge is -2.31. The second-order valence-electron chi connectivity index (χ2n) is 6.09. The zero-order chi connectivity index (χ0) is 15.5. The molecule has 4 heteroatoms. The van der Waals surface area contributed by atoms with Crippen LogP contribution in [0.1, 0.15) is 39.2 Å². The number of allylic oxidation sites excluding steroid dienone is 1. The van der Waals surface area contributed by atoms with Crippen molar-refractivity contribution in [2.24, 2.45) is 0 Å². The first-order chi connectivity index (χ1) is 9.90. The number of nitrogens with zero attached hydrogens (tertiary/aromatic N) is 1. The molecule has 0 spiro atoms. The molecule has 1 aromatic rings. The Morgan fingerprint density at radius 1 is 1.19 bits per heavy atom. The van der Waals surface area contributed by atoms with E-state index >= 15 is 0 Å². The molecule has 0 fully saturated rings. The summed E-state index contributed by atoms with van der Waals surface area (Å²) in [6.45, 7) is 6.33. The van der Waals surface area contributed by atoms with Gasteiger partial charge in [-0.05, 0) is 63.4 Å². The van der Waals surface area contributed by atoms with Crippen LogP contribution in [-0.4, -0.2) is 30.2 Å². The number of benzene rings is 1. The van der Waals surface area contributed by atoms with Gasteiger partial charge in [0.25, 0.3) is 0 Å². The second kappa shape index (κ2) is 6.20. The predicted octanol–water partition coefficient (Wildman–Crippen LogP) is 4.07. The van der Waals surface area contributed by atoms with Crippen molar-refractivity contribution in [2.75, 3.05) is 13.7 Å². The average molecular weight is 289 g/mol. The van der Waals surface area contributed by atoms with Crippen LogP contribution in [0.2, 0.25) is 0 Å². The Balaban J connectivity index is 2.22. The summed E-state index contributed by atoms with van der Waals surface area (Å²) in [5, 5.41) is 0. The van der Waals surface area contributed by atoms with Gasteiger partial charge in [0.2, 0.25) is 0 Å². The maximum absolute atomic E-state index is 12.4. The Bertz CT molecular complexity index is 526. The van der Waals surface area contributed by atoms with Gasteiger partial charge in [-0.3, -0.25) is 4.90 Å². The highest BCUT2D eigenvalue weighted by atomic mass is 16.6. The van der Waals surface area contributed by atoms with Gasteiger partial charge in [-0.25, -0.2) is 4.79 Å². The highest BCUT2D eigenvalue weighted by Gasteiger charge is 2.26. The fraction of sp³-hybridized carbons (Fsp3) is 0.471. The van der Waals surface area contributed by atoms with Gasteiger partial charge in [0.05, 0.1) is 12.8 Å². The first-order valence-corrected chi connectivity index (χ1v) is 7.26. The Labute approximate surface area is 126 Å². The molecule has 4 nitrogen and oxygen atoms in total. The molecule has 0 unspecified atom stereocenters. The third kappa shape index (κ3) is 4.00. The molecule has 1 aromatic carbocycles. The number of methoxy groups -OCH3 is 1. The van der Waals surface area contributed by atoms with E-state index in [2.05, 4.69) is 6.08 Å². The van der Waals surface area contributed by atoms with Crippen LogP contribution in [-0.2, 0) is 4.74 Å². The minimum atomic E-state index is -0.487. The summed E-state index contributed by atoms with van der Waals surface area (Å²) >= 11 is 0. The highest BCUT2D eigenvalue weighted by Crippen LogP contribution is 2.28. The Morgan fingerprint density at radius 2 is 1.86 bits per heavy atom. The smallest absolute Gasteiger partial charge is 0.414 e. The van der Waals surface area contributed by atoms with Gasteiger partial charge in [0.1, 0.15) is 11.4 Å². The topological polar surface area (TPSA) is 38.8 Å². The molecule has 0 saturated heterocycles. The van der Waals surface area contributed by atoms with Crippen molar-refractivity contribution < 1.29 is 14.3 Å². The van der Waals surface area contributed by atoms with Crippen LogP contribution >= 0.6 is 0 Å². The molecule has 1 aliphatic heterocycles. The number of carbonyl (C=O) groups excluding carboxylic acids is 1. The molecule has 2 rings (SSSR count). The summed E-state index contributed by atoms with van der Waals surface area (Å²) in [7, 11) is 1.64. The minimum absolute atomic E-state index is 0.288. The summed E-state index contributed by atoms with van der Waals surface area (Å²) in [5.41, 5.74) is 1.43. The van der Waals surface area contributed by atoms with Gasteiger partial charge in [-0.2, -0.15) is 0 Å². The van der Waals surface area contributed by atoms with E-state index in [1.807, 2.05) is 45.0 Å². The van der Waals surface area contributed by atoms with Gasteiger partial charge in [-0.1, -0.05) is 6.08 Å². The number of amides is 1. The third-order valence-electron chi connectivity index (χ3n) is 3.21. The van der Waals surface area contributed by atoms with E-state index in [0.717, 1.165) is 29.9 Å². The summed E-state index contributed by atoms with van der Waals surface area (Å²) in [6.07, 6.45) is 3.73. The molecule has 1 amide bonds. The molecule has 0 bridgehead atoms. The van der Waals surface area contributed by atoms with Crippen molar-refractivity contribution in [1.29, 1.82) is 0 Å². The molecule has 0 N–H and O–H groups in total. The summed E-state index contributed by atoms with van der Waals surface area (Å²) in [5.74, 6) is 0.805. The molecule has 0 aromatic heterocycles. The van der Waals surface area contributed by atoms with E-state index in [1.54, 1.807) is 12.0 Å². The van der Waals surface area contributed by atoms with Crippen molar-refractivity contribution in [3.05, 3.63) is 35.9 Å². The summed E-state index contributed by atoms with van der Waals surface area (Å²) in [6, 6.07) is 7.73. The first kappa shape index (κ1) is 15.4. The van der Waals surface area contributed by atoms with Gasteiger partial charge in [-0.15, -0.1) is 0 Å². The number of rotatable bonds is 2. The van der Waals surface area contributed by atoms with Crippen LogP contribution in [0.15, 0.2) is 30.3 Å². The van der Waals surface area contributed by atoms with E-state index < -0.39 is 5.60 Å². The molecule has 1 heterocycles. The highest BCUT2D eigenvalue weighted by molar-refractivity contribution is 5.82. The van der Waals surface area contributed by atoms with Gasteiger partial charge < -0.3 is 9.47 Å². The lowest BCUT2D eigenvalue weighted by atomic mass is 10.1. The number of hydrogen-bond acceptors (Lipinski definition) is 3. The normalized spacial score (nSPS) is 15.4. The van der Waals surface area contributed by atoms with Crippen molar-refractivity contribution in [3.8, 4) is 5.75 Å². The van der Waals surface area contributed by atoms with Crippen molar-refractivity contribution in [1.82, 2.24) is 4.90 Å². The molecule has 0 saturated carbocycles. The quantitative estimate of drug-likeness (QED) is 0.824. The van der Waals surface area contributed by atoms with Gasteiger partial charge in [0.15, 0.2) is 0 Å². The van der Waals surface area contributed by atoms with E-state index in [1.165, 1.54) is 0 Å². The monoisotopic (exact) mass is 289 g/mol. The van der Waals surface area contributed by atoms with E-state index in [0.29, 0.717) is 6.54 Å². The molecular formula is C17H23NO3. The fourth-order valence-electron chi connectivity index (χ4n) is 2.26. The van der Waals surface area contributed by atoms with Gasteiger partial charge in [0, 0.05) is 6.54 Å². The van der Waals surface area contributed by atoms with E-state index in [9.17, 15) is 4.79 Å². The van der Waals surface area contributed by atoms with Crippen molar-refractivity contribution in [3.63, 3.8) is 0 Å². The SMILES string of the molecule is COc1ccc(C2=CCCCN2C(=O)OC(C)(C)C)cc1. The molecule has 0 aliphatic carbocycles. The lowest BCUT2D eigenvalue weighted by Crippen LogP contribution is -2.37. The summed E-state index contributed by atoms with van der Waals surface area (Å²) < 4.78 is 10.7. The molecule has 114 valence electrons. The number of carbonyl (C=O) groups is 1. The second-order valence-corrected chi connectivity index (χ2v) is 6.09. The van der Waals surface area contributed by atoms with Crippen LogP contribution < -0.4 is 4.74 Å². The Kier molecular flexibility index (Phi) is 4.56. The van der Waals surface area contributed by atoms with E-state index in [-0.39, 0.29) is 6.09 Å². The van der Waals surface area contributed by atoms with Crippen LogP contribution in [0.3, 0.4) is 0 Å². The molecular weight excluding hydrogens is 266 g/mol. The van der Waals surface area contributed by atoms with E-state index in [4.69, 9.17) is 9.47 Å².